The lowest BCUT2D eigenvalue weighted by molar-refractivity contribution is 0.0740. The van der Waals surface area contributed by atoms with Gasteiger partial charge in [-0.1, -0.05) is 6.92 Å². The van der Waals surface area contributed by atoms with Gasteiger partial charge in [-0.3, -0.25) is 4.79 Å². The van der Waals surface area contributed by atoms with Crippen LogP contribution in [0.1, 0.15) is 30.1 Å². The van der Waals surface area contributed by atoms with E-state index >= 15 is 0 Å². The average molecular weight is 447 g/mol. The van der Waals surface area contributed by atoms with Crippen LogP contribution in [0.15, 0.2) is 47.4 Å². The van der Waals surface area contributed by atoms with Gasteiger partial charge in [-0.15, -0.1) is 0 Å². The number of ether oxygens (including phenoxy) is 1. The molecule has 1 aliphatic heterocycles. The molecule has 0 aromatic heterocycles. The Balaban J connectivity index is 1.51. The van der Waals surface area contributed by atoms with E-state index in [1.807, 2.05) is 0 Å². The lowest BCUT2D eigenvalue weighted by Crippen LogP contribution is -2.48. The number of piperazine rings is 1. The van der Waals surface area contributed by atoms with Crippen molar-refractivity contribution in [2.24, 2.45) is 5.41 Å². The third-order valence-electron chi connectivity index (χ3n) is 6.05. The van der Waals surface area contributed by atoms with Crippen LogP contribution in [0.4, 0.5) is 10.1 Å². The highest BCUT2D eigenvalue weighted by atomic mass is 32.2. The van der Waals surface area contributed by atoms with Crippen molar-refractivity contribution in [2.75, 3.05) is 43.9 Å². The summed E-state index contributed by atoms with van der Waals surface area (Å²) in [6.45, 7) is 4.82. The number of rotatable bonds is 6. The van der Waals surface area contributed by atoms with Crippen molar-refractivity contribution in [3.05, 3.63) is 53.8 Å². The van der Waals surface area contributed by atoms with Crippen LogP contribution in [-0.2, 0) is 9.84 Å². The quantitative estimate of drug-likeness (QED) is 0.681. The Labute approximate surface area is 182 Å². The molecule has 0 radical (unpaired) electrons. The minimum atomic E-state index is -3.45. The molecule has 6 nitrogen and oxygen atoms in total. The summed E-state index contributed by atoms with van der Waals surface area (Å²) in [5, 5.41) is 0. The molecule has 1 saturated heterocycles. The highest BCUT2D eigenvalue weighted by Gasteiger charge is 2.38. The molecule has 31 heavy (non-hydrogen) atoms. The molecule has 1 aliphatic carbocycles. The number of benzene rings is 2. The zero-order valence-electron chi connectivity index (χ0n) is 17.8. The molecule has 0 bridgehead atoms. The maximum absolute atomic E-state index is 13.3. The van der Waals surface area contributed by atoms with Gasteiger partial charge in [0.15, 0.2) is 9.84 Å². The fraction of sp³-hybridized carbons (Fsp3) is 0.435. The van der Waals surface area contributed by atoms with Gasteiger partial charge in [0.25, 0.3) is 5.91 Å². The summed E-state index contributed by atoms with van der Waals surface area (Å²) in [6.07, 6.45) is 3.30. The fourth-order valence-electron chi connectivity index (χ4n) is 3.63. The summed E-state index contributed by atoms with van der Waals surface area (Å²) >= 11 is 0. The molecule has 0 N–H and O–H groups in total. The first kappa shape index (κ1) is 21.6. The zero-order chi connectivity index (χ0) is 22.2. The van der Waals surface area contributed by atoms with Crippen LogP contribution in [-0.4, -0.2) is 58.3 Å². The zero-order valence-corrected chi connectivity index (χ0v) is 18.6. The number of carbonyl (C=O) groups excluding carboxylic acids is 1. The van der Waals surface area contributed by atoms with Crippen LogP contribution in [0.5, 0.6) is 5.75 Å². The normalized spacial score (nSPS) is 18.0. The number of hydrogen-bond acceptors (Lipinski definition) is 5. The number of amides is 1. The van der Waals surface area contributed by atoms with E-state index in [1.54, 1.807) is 23.1 Å². The van der Waals surface area contributed by atoms with E-state index in [0.717, 1.165) is 24.8 Å². The number of hydrogen-bond donors (Lipinski definition) is 0. The van der Waals surface area contributed by atoms with Crippen molar-refractivity contribution in [1.29, 1.82) is 0 Å². The van der Waals surface area contributed by atoms with Gasteiger partial charge in [-0.05, 0) is 55.3 Å². The minimum Gasteiger partial charge on any atom is -0.492 e. The average Bonchev–Trinajstić information content (AvgIpc) is 3.49. The monoisotopic (exact) mass is 446 g/mol. The Kier molecular flexibility index (Phi) is 5.68. The Bertz CT molecular complexity index is 1070. The van der Waals surface area contributed by atoms with E-state index in [2.05, 4.69) is 11.8 Å². The molecule has 2 aromatic rings. The van der Waals surface area contributed by atoms with Gasteiger partial charge in [-0.2, -0.15) is 0 Å². The Morgan fingerprint density at radius 3 is 2.29 bits per heavy atom. The van der Waals surface area contributed by atoms with Crippen LogP contribution < -0.4 is 9.64 Å². The molecular weight excluding hydrogens is 419 g/mol. The highest BCUT2D eigenvalue weighted by molar-refractivity contribution is 7.90. The van der Waals surface area contributed by atoms with Crippen molar-refractivity contribution in [2.45, 2.75) is 24.7 Å². The molecule has 0 spiro atoms. The first-order chi connectivity index (χ1) is 14.6. The van der Waals surface area contributed by atoms with E-state index in [1.165, 1.54) is 24.3 Å². The summed E-state index contributed by atoms with van der Waals surface area (Å²) in [6, 6.07) is 10.8. The number of anilines is 1. The molecule has 1 heterocycles. The predicted molar refractivity (Wildman–Crippen MR) is 117 cm³/mol. The van der Waals surface area contributed by atoms with Gasteiger partial charge in [0.1, 0.15) is 11.6 Å². The number of carbonyl (C=O) groups is 1. The second-order valence-corrected chi connectivity index (χ2v) is 10.8. The Morgan fingerprint density at radius 2 is 1.71 bits per heavy atom. The van der Waals surface area contributed by atoms with Gasteiger partial charge in [-0.25, -0.2) is 12.8 Å². The third-order valence-corrected chi connectivity index (χ3v) is 7.16. The van der Waals surface area contributed by atoms with E-state index < -0.39 is 9.84 Å². The molecule has 2 aromatic carbocycles. The number of nitrogens with zero attached hydrogens (tertiary/aromatic N) is 2. The topological polar surface area (TPSA) is 66.9 Å². The Hall–Kier alpha value is -2.61. The number of halogens is 1. The van der Waals surface area contributed by atoms with Crippen molar-refractivity contribution < 1.29 is 22.3 Å². The summed E-state index contributed by atoms with van der Waals surface area (Å²) in [7, 11) is -3.45. The van der Waals surface area contributed by atoms with E-state index in [-0.39, 0.29) is 27.6 Å². The molecule has 1 saturated carbocycles. The Morgan fingerprint density at radius 1 is 1.06 bits per heavy atom. The molecular formula is C23H27FN2O4S. The molecule has 1 amide bonds. The van der Waals surface area contributed by atoms with E-state index in [4.69, 9.17) is 4.74 Å². The molecule has 2 aliphatic rings. The predicted octanol–water partition coefficient (Wildman–Crippen LogP) is 3.37. The smallest absolute Gasteiger partial charge is 0.257 e. The fourth-order valence-corrected chi connectivity index (χ4v) is 4.28. The van der Waals surface area contributed by atoms with Crippen molar-refractivity contribution in [3.8, 4) is 5.75 Å². The molecule has 8 heteroatoms. The van der Waals surface area contributed by atoms with Gasteiger partial charge in [0, 0.05) is 43.5 Å². The van der Waals surface area contributed by atoms with Crippen molar-refractivity contribution in [1.82, 2.24) is 4.90 Å². The van der Waals surface area contributed by atoms with Crippen LogP contribution in [0.25, 0.3) is 0 Å². The SMILES string of the molecule is CC1(COc2ccc(S(C)(=O)=O)cc2C(=O)N2CCN(c3ccc(F)cc3)CC2)CC1. The number of sulfone groups is 1. The second-order valence-electron chi connectivity index (χ2n) is 8.79. The van der Waals surface area contributed by atoms with Crippen LogP contribution in [0, 0.1) is 11.2 Å². The van der Waals surface area contributed by atoms with Crippen LogP contribution in [0.3, 0.4) is 0 Å². The second kappa shape index (κ2) is 8.15. The third kappa shape index (κ3) is 5.01. The van der Waals surface area contributed by atoms with Gasteiger partial charge < -0.3 is 14.5 Å². The minimum absolute atomic E-state index is 0.103. The first-order valence-electron chi connectivity index (χ1n) is 10.4. The maximum Gasteiger partial charge on any atom is 0.257 e. The van der Waals surface area contributed by atoms with Crippen LogP contribution >= 0.6 is 0 Å². The summed E-state index contributed by atoms with van der Waals surface area (Å²) in [5.74, 6) is -0.0948. The van der Waals surface area contributed by atoms with Gasteiger partial charge in [0.2, 0.25) is 0 Å². The van der Waals surface area contributed by atoms with Crippen molar-refractivity contribution in [3.63, 3.8) is 0 Å². The van der Waals surface area contributed by atoms with E-state index in [9.17, 15) is 17.6 Å². The molecule has 166 valence electrons. The largest absolute Gasteiger partial charge is 0.492 e. The van der Waals surface area contributed by atoms with Gasteiger partial charge >= 0.3 is 0 Å². The standard InChI is InChI=1S/C23H27FN2O4S/c1-23(9-10-23)16-30-21-8-7-19(31(2,28)29)15-20(21)22(27)26-13-11-25(12-14-26)18-5-3-17(24)4-6-18/h3-8,15H,9-14,16H2,1-2H3. The highest BCUT2D eigenvalue weighted by Crippen LogP contribution is 2.45. The summed E-state index contributed by atoms with van der Waals surface area (Å²) in [5.41, 5.74) is 1.33. The van der Waals surface area contributed by atoms with Crippen molar-refractivity contribution >= 4 is 21.4 Å². The lowest BCUT2D eigenvalue weighted by atomic mass is 10.1. The summed E-state index contributed by atoms with van der Waals surface area (Å²) in [4.78, 5) is 17.2. The van der Waals surface area contributed by atoms with Crippen LogP contribution in [0.2, 0.25) is 0 Å². The maximum atomic E-state index is 13.3. The van der Waals surface area contributed by atoms with E-state index in [0.29, 0.717) is 38.5 Å². The lowest BCUT2D eigenvalue weighted by Gasteiger charge is -2.36. The molecule has 2 fully saturated rings. The molecule has 0 unspecified atom stereocenters. The molecule has 0 atom stereocenters. The molecule has 4 rings (SSSR count). The summed E-state index contributed by atoms with van der Waals surface area (Å²) < 4.78 is 43.2. The van der Waals surface area contributed by atoms with Gasteiger partial charge in [0.05, 0.1) is 17.1 Å². The first-order valence-corrected chi connectivity index (χ1v) is 12.3.